The summed E-state index contributed by atoms with van der Waals surface area (Å²) in [7, 11) is 0. The molecule has 2 aromatic carbocycles. The van der Waals surface area contributed by atoms with Gasteiger partial charge < -0.3 is 0 Å². The lowest BCUT2D eigenvalue weighted by molar-refractivity contribution is 1.08. The summed E-state index contributed by atoms with van der Waals surface area (Å²) in [5, 5.41) is 39.3. The van der Waals surface area contributed by atoms with E-state index in [9.17, 15) is 15.8 Å². The summed E-state index contributed by atoms with van der Waals surface area (Å²) >= 11 is 0. The van der Waals surface area contributed by atoms with Crippen molar-refractivity contribution >= 4 is 17.1 Å². The SMILES string of the molecule is Cc1ccc(-c2cc(N/N=C(\C#N)C(=C(C#N)C#N)c3ccccc3)n[nH]2)cc1. The van der Waals surface area contributed by atoms with Crippen LogP contribution in [0.15, 0.2) is 71.3 Å². The van der Waals surface area contributed by atoms with Gasteiger partial charge in [0.25, 0.3) is 0 Å². The van der Waals surface area contributed by atoms with E-state index in [1.807, 2.05) is 49.4 Å². The van der Waals surface area contributed by atoms with Gasteiger partial charge in [0, 0.05) is 11.6 Å². The highest BCUT2D eigenvalue weighted by atomic mass is 15.4. The molecule has 1 heterocycles. The summed E-state index contributed by atoms with van der Waals surface area (Å²) in [6.45, 7) is 2.01. The van der Waals surface area contributed by atoms with E-state index < -0.39 is 0 Å². The molecule has 3 rings (SSSR count). The van der Waals surface area contributed by atoms with Crippen LogP contribution in [0.3, 0.4) is 0 Å². The predicted molar refractivity (Wildman–Crippen MR) is 110 cm³/mol. The number of hydrazone groups is 1. The zero-order valence-electron chi connectivity index (χ0n) is 15.5. The van der Waals surface area contributed by atoms with Crippen LogP contribution in [0.1, 0.15) is 11.1 Å². The second-order valence-electron chi connectivity index (χ2n) is 6.06. The summed E-state index contributed by atoms with van der Waals surface area (Å²) in [6, 6.07) is 24.0. The molecule has 1 aromatic heterocycles. The van der Waals surface area contributed by atoms with Crippen molar-refractivity contribution in [2.75, 3.05) is 5.43 Å². The number of anilines is 1. The normalized spacial score (nSPS) is 10.3. The number of nitrogens with zero attached hydrogens (tertiary/aromatic N) is 5. The van der Waals surface area contributed by atoms with Crippen molar-refractivity contribution in [2.45, 2.75) is 6.92 Å². The molecule has 0 unspecified atom stereocenters. The van der Waals surface area contributed by atoms with Gasteiger partial charge in [-0.05, 0) is 18.1 Å². The van der Waals surface area contributed by atoms with Crippen molar-refractivity contribution in [2.24, 2.45) is 5.10 Å². The third kappa shape index (κ3) is 4.36. The second kappa shape index (κ2) is 8.81. The van der Waals surface area contributed by atoms with E-state index in [0.29, 0.717) is 11.4 Å². The Morgan fingerprint density at radius 1 is 0.966 bits per heavy atom. The molecule has 7 nitrogen and oxygen atoms in total. The molecule has 0 aliphatic heterocycles. The van der Waals surface area contributed by atoms with Gasteiger partial charge in [-0.3, -0.25) is 10.5 Å². The van der Waals surface area contributed by atoms with Crippen LogP contribution in [0.5, 0.6) is 0 Å². The highest BCUT2D eigenvalue weighted by Gasteiger charge is 2.16. The number of aromatic nitrogens is 2. The smallest absolute Gasteiger partial charge is 0.170 e. The van der Waals surface area contributed by atoms with Crippen LogP contribution >= 0.6 is 0 Å². The van der Waals surface area contributed by atoms with Crippen LogP contribution in [0, 0.1) is 40.9 Å². The fourth-order valence-electron chi connectivity index (χ4n) is 2.65. The number of benzene rings is 2. The Labute approximate surface area is 167 Å². The van der Waals surface area contributed by atoms with Crippen LogP contribution in [0.2, 0.25) is 0 Å². The van der Waals surface area contributed by atoms with Gasteiger partial charge in [-0.25, -0.2) is 0 Å². The molecule has 7 heteroatoms. The van der Waals surface area contributed by atoms with E-state index >= 15 is 0 Å². The molecule has 0 bridgehead atoms. The summed E-state index contributed by atoms with van der Waals surface area (Å²) in [5.41, 5.74) is 6.06. The molecule has 0 spiro atoms. The molecule has 0 saturated heterocycles. The first-order valence-corrected chi connectivity index (χ1v) is 8.62. The van der Waals surface area contributed by atoms with Gasteiger partial charge in [-0.1, -0.05) is 60.2 Å². The Bertz CT molecular complexity index is 1180. The number of hydrogen-bond acceptors (Lipinski definition) is 6. The second-order valence-corrected chi connectivity index (χ2v) is 6.06. The Hall–Kier alpha value is -4.67. The Morgan fingerprint density at radius 2 is 1.66 bits per heavy atom. The van der Waals surface area contributed by atoms with Gasteiger partial charge in [0.15, 0.2) is 11.5 Å². The predicted octanol–water partition coefficient (Wildman–Crippen LogP) is 4.18. The van der Waals surface area contributed by atoms with Crippen molar-refractivity contribution in [1.29, 1.82) is 15.8 Å². The molecular formula is C22H15N7. The molecule has 0 atom stereocenters. The molecular weight excluding hydrogens is 362 g/mol. The number of rotatable bonds is 5. The third-order valence-electron chi connectivity index (χ3n) is 4.10. The van der Waals surface area contributed by atoms with Crippen molar-refractivity contribution in [3.8, 4) is 29.5 Å². The standard InChI is InChI=1S/C22H15N7/c1-15-7-9-16(10-8-15)19-11-21(28-26-19)29-27-20(14-25)22(18(12-23)13-24)17-5-3-2-4-6-17/h2-11H,1H3,(H2,26,28,29)/b27-20+. The first-order valence-electron chi connectivity index (χ1n) is 8.62. The Balaban J connectivity index is 1.93. The Morgan fingerprint density at radius 3 is 2.28 bits per heavy atom. The summed E-state index contributed by atoms with van der Waals surface area (Å²) in [4.78, 5) is 0. The zero-order chi connectivity index (χ0) is 20.6. The van der Waals surface area contributed by atoms with Gasteiger partial charge in [0.1, 0.15) is 23.8 Å². The van der Waals surface area contributed by atoms with E-state index in [-0.39, 0.29) is 16.9 Å². The lowest BCUT2D eigenvalue weighted by Gasteiger charge is -2.06. The average Bonchev–Trinajstić information content (AvgIpc) is 3.23. The van der Waals surface area contributed by atoms with Gasteiger partial charge in [-0.15, -0.1) is 0 Å². The highest BCUT2D eigenvalue weighted by molar-refractivity contribution is 6.33. The van der Waals surface area contributed by atoms with Gasteiger partial charge in [-0.2, -0.15) is 26.0 Å². The summed E-state index contributed by atoms with van der Waals surface area (Å²) in [5.74, 6) is 0.399. The minimum atomic E-state index is -0.194. The number of nitrogens with one attached hydrogen (secondary N) is 2. The molecule has 2 N–H and O–H groups in total. The molecule has 3 aromatic rings. The summed E-state index contributed by atoms with van der Waals surface area (Å²) in [6.07, 6.45) is 0. The fraction of sp³-hybridized carbons (Fsp3) is 0.0455. The molecule has 0 aliphatic rings. The van der Waals surface area contributed by atoms with Crippen molar-refractivity contribution in [3.05, 3.63) is 77.4 Å². The minimum Gasteiger partial charge on any atom is -0.276 e. The van der Waals surface area contributed by atoms with Gasteiger partial charge >= 0.3 is 0 Å². The van der Waals surface area contributed by atoms with E-state index in [1.54, 1.807) is 36.4 Å². The van der Waals surface area contributed by atoms with E-state index in [1.165, 1.54) is 0 Å². The summed E-state index contributed by atoms with van der Waals surface area (Å²) < 4.78 is 0. The molecule has 138 valence electrons. The molecule has 0 radical (unpaired) electrons. The number of H-pyrrole nitrogens is 1. The first kappa shape index (κ1) is 19.1. The number of hydrogen-bond donors (Lipinski definition) is 2. The quantitative estimate of drug-likeness (QED) is 0.392. The van der Waals surface area contributed by atoms with E-state index in [0.717, 1.165) is 16.8 Å². The zero-order valence-corrected chi connectivity index (χ0v) is 15.5. The molecule has 0 fully saturated rings. The lowest BCUT2D eigenvalue weighted by atomic mass is 9.97. The molecule has 0 amide bonds. The van der Waals surface area contributed by atoms with E-state index in [4.69, 9.17) is 0 Å². The van der Waals surface area contributed by atoms with E-state index in [2.05, 4.69) is 20.7 Å². The van der Waals surface area contributed by atoms with Crippen molar-refractivity contribution in [3.63, 3.8) is 0 Å². The van der Waals surface area contributed by atoms with Crippen LogP contribution in [0.25, 0.3) is 16.8 Å². The van der Waals surface area contributed by atoms with Crippen molar-refractivity contribution < 1.29 is 0 Å². The first-order chi connectivity index (χ1) is 14.2. The number of nitriles is 3. The number of allylic oxidation sites excluding steroid dienone is 2. The van der Waals surface area contributed by atoms with Crippen LogP contribution in [-0.4, -0.2) is 15.9 Å². The maximum absolute atomic E-state index is 9.58. The third-order valence-corrected chi connectivity index (χ3v) is 4.10. The number of aryl methyl sites for hydroxylation is 1. The highest BCUT2D eigenvalue weighted by Crippen LogP contribution is 2.22. The number of aromatic amines is 1. The average molecular weight is 377 g/mol. The monoisotopic (exact) mass is 377 g/mol. The van der Waals surface area contributed by atoms with Crippen LogP contribution in [0.4, 0.5) is 5.82 Å². The lowest BCUT2D eigenvalue weighted by Crippen LogP contribution is -2.06. The molecule has 29 heavy (non-hydrogen) atoms. The Kier molecular flexibility index (Phi) is 5.81. The fourth-order valence-corrected chi connectivity index (χ4v) is 2.65. The maximum Gasteiger partial charge on any atom is 0.170 e. The van der Waals surface area contributed by atoms with Gasteiger partial charge in [0.2, 0.25) is 0 Å². The van der Waals surface area contributed by atoms with Gasteiger partial charge in [0.05, 0.1) is 5.69 Å². The van der Waals surface area contributed by atoms with Crippen molar-refractivity contribution in [1.82, 2.24) is 10.2 Å². The van der Waals surface area contributed by atoms with Crippen LogP contribution < -0.4 is 5.43 Å². The molecule has 0 saturated carbocycles. The van der Waals surface area contributed by atoms with Crippen LogP contribution in [-0.2, 0) is 0 Å². The maximum atomic E-state index is 9.58. The largest absolute Gasteiger partial charge is 0.276 e. The minimum absolute atomic E-state index is 0.0887. The molecule has 0 aliphatic carbocycles. The topological polar surface area (TPSA) is 124 Å².